The van der Waals surface area contributed by atoms with E-state index in [0.717, 1.165) is 33.2 Å². The third kappa shape index (κ3) is 4.48. The molecule has 0 saturated carbocycles. The number of nitrogens with zero attached hydrogens (tertiary/aromatic N) is 6. The molecule has 0 radical (unpaired) electrons. The van der Waals surface area contributed by atoms with Gasteiger partial charge in [0.25, 0.3) is 0 Å². The van der Waals surface area contributed by atoms with Crippen molar-refractivity contribution in [3.63, 3.8) is 0 Å². The van der Waals surface area contributed by atoms with Gasteiger partial charge in [0.05, 0.1) is 0 Å². The van der Waals surface area contributed by atoms with Gasteiger partial charge < -0.3 is 10.2 Å². The van der Waals surface area contributed by atoms with Crippen LogP contribution in [-0.2, 0) is 6.42 Å². The number of aromatic hydroxyl groups is 2. The number of hydrogen-bond acceptors (Lipinski definition) is 6. The van der Waals surface area contributed by atoms with E-state index in [0.29, 0.717) is 28.9 Å². The molecule has 196 valence electrons. The summed E-state index contributed by atoms with van der Waals surface area (Å²) < 4.78 is 0. The first kappa shape index (κ1) is 24.6. The number of phenolic OH excluding ortho intramolecular Hbond substituents is 2. The Kier molecular flexibility index (Phi) is 6.02. The maximum atomic E-state index is 11.5. The fraction of sp³-hybridized carbons (Fsp3) is 0.226. The largest absolute Gasteiger partial charge is 0.505 e. The molecule has 8 nitrogen and oxygen atoms in total. The van der Waals surface area contributed by atoms with Crippen LogP contribution >= 0.6 is 0 Å². The van der Waals surface area contributed by atoms with Gasteiger partial charge in [0.15, 0.2) is 0 Å². The fourth-order valence-corrected chi connectivity index (χ4v) is 4.79. The average Bonchev–Trinajstić information content (AvgIpc) is 3.55. The summed E-state index contributed by atoms with van der Waals surface area (Å²) in [6, 6.07) is 23.1. The Morgan fingerprint density at radius 3 is 1.21 bits per heavy atom. The van der Waals surface area contributed by atoms with Crippen molar-refractivity contribution in [3.8, 4) is 22.9 Å². The lowest BCUT2D eigenvalue weighted by molar-refractivity contribution is 0.455. The highest BCUT2D eigenvalue weighted by Gasteiger charge is 2.20. The van der Waals surface area contributed by atoms with Crippen LogP contribution in [0.3, 0.4) is 0 Å². The lowest BCUT2D eigenvalue weighted by atomic mass is 9.92. The van der Waals surface area contributed by atoms with Gasteiger partial charge in [-0.25, -0.2) is 0 Å². The van der Waals surface area contributed by atoms with Crippen LogP contribution in [-0.4, -0.2) is 40.2 Å². The molecule has 6 rings (SSSR count). The molecule has 0 unspecified atom stereocenters. The SMILES string of the molecule is CC(C)c1cc(Cc2cc(C(C)C)cc(-n3nc4ccccc4n3)c2O)c(O)c(-n2nc3ccccc3n2)c1. The van der Waals surface area contributed by atoms with Crippen molar-refractivity contribution in [2.75, 3.05) is 0 Å². The molecule has 2 N–H and O–H groups in total. The van der Waals surface area contributed by atoms with Crippen LogP contribution in [0.5, 0.6) is 11.5 Å². The van der Waals surface area contributed by atoms with Crippen LogP contribution in [0.15, 0.2) is 72.8 Å². The minimum Gasteiger partial charge on any atom is -0.505 e. The van der Waals surface area contributed by atoms with Gasteiger partial charge in [-0.1, -0.05) is 64.1 Å². The van der Waals surface area contributed by atoms with Crippen molar-refractivity contribution in [3.05, 3.63) is 95.1 Å². The molecule has 2 heterocycles. The molecule has 0 aliphatic heterocycles. The topological polar surface area (TPSA) is 102 Å². The maximum Gasteiger partial charge on any atom is 0.146 e. The Labute approximate surface area is 226 Å². The van der Waals surface area contributed by atoms with E-state index in [4.69, 9.17) is 0 Å². The molecular formula is C31H30N6O2. The van der Waals surface area contributed by atoms with E-state index in [2.05, 4.69) is 48.1 Å². The van der Waals surface area contributed by atoms with Crippen LogP contribution in [0, 0.1) is 0 Å². The normalized spacial score (nSPS) is 11.8. The average molecular weight is 519 g/mol. The number of hydrogen-bond donors (Lipinski definition) is 2. The molecule has 0 saturated heterocycles. The molecule has 0 bridgehead atoms. The Bertz CT molecular complexity index is 1630. The summed E-state index contributed by atoms with van der Waals surface area (Å²) >= 11 is 0. The lowest BCUT2D eigenvalue weighted by Gasteiger charge is -2.17. The molecule has 0 aliphatic rings. The predicted octanol–water partition coefficient (Wildman–Crippen LogP) is 6.40. The molecule has 6 aromatic rings. The highest BCUT2D eigenvalue weighted by molar-refractivity contribution is 5.74. The summed E-state index contributed by atoms with van der Waals surface area (Å²) in [5, 5.41) is 41.3. The third-order valence-corrected chi connectivity index (χ3v) is 7.10. The van der Waals surface area contributed by atoms with Crippen molar-refractivity contribution >= 4 is 22.1 Å². The molecule has 4 aromatic carbocycles. The summed E-state index contributed by atoms with van der Waals surface area (Å²) in [4.78, 5) is 2.98. The van der Waals surface area contributed by atoms with E-state index in [9.17, 15) is 10.2 Å². The number of rotatable bonds is 6. The van der Waals surface area contributed by atoms with Crippen LogP contribution in [0.25, 0.3) is 33.4 Å². The maximum absolute atomic E-state index is 11.5. The van der Waals surface area contributed by atoms with E-state index in [1.54, 1.807) is 0 Å². The second-order valence-corrected chi connectivity index (χ2v) is 10.5. The van der Waals surface area contributed by atoms with Gasteiger partial charge in [-0.2, -0.15) is 0 Å². The number of aromatic nitrogens is 6. The van der Waals surface area contributed by atoms with Gasteiger partial charge in [0, 0.05) is 17.5 Å². The summed E-state index contributed by atoms with van der Waals surface area (Å²) in [5.74, 6) is 0.581. The second-order valence-electron chi connectivity index (χ2n) is 10.5. The molecule has 0 spiro atoms. The van der Waals surface area contributed by atoms with Gasteiger partial charge in [0.1, 0.15) is 44.9 Å². The summed E-state index contributed by atoms with van der Waals surface area (Å²) in [7, 11) is 0. The summed E-state index contributed by atoms with van der Waals surface area (Å²) in [6.07, 6.45) is 0.306. The fourth-order valence-electron chi connectivity index (χ4n) is 4.79. The van der Waals surface area contributed by atoms with E-state index in [-0.39, 0.29) is 23.3 Å². The lowest BCUT2D eigenvalue weighted by Crippen LogP contribution is -2.06. The zero-order valence-electron chi connectivity index (χ0n) is 22.4. The monoisotopic (exact) mass is 518 g/mol. The first-order valence-corrected chi connectivity index (χ1v) is 13.1. The Hall–Kier alpha value is -4.72. The van der Waals surface area contributed by atoms with Gasteiger partial charge in [-0.05, 0) is 59.4 Å². The highest BCUT2D eigenvalue weighted by Crippen LogP contribution is 2.37. The van der Waals surface area contributed by atoms with Gasteiger partial charge in [-0.3, -0.25) is 0 Å². The van der Waals surface area contributed by atoms with Gasteiger partial charge in [-0.15, -0.1) is 30.0 Å². The number of fused-ring (bicyclic) bond motifs is 2. The standard InChI is InChI=1S/C31H30N6O2/c1-18(2)20-13-22(30(38)28(16-20)36-32-24-9-5-6-10-25(24)33-36)15-23-14-21(19(3)4)17-29(31(23)39)37-34-26-11-7-8-12-27(26)35-37/h5-14,16-19,38-39H,15H2,1-4H3. The Balaban J connectivity index is 1.49. The summed E-state index contributed by atoms with van der Waals surface area (Å²) in [6.45, 7) is 8.43. The van der Waals surface area contributed by atoms with Crippen LogP contribution in [0.2, 0.25) is 0 Å². The van der Waals surface area contributed by atoms with Crippen molar-refractivity contribution in [2.24, 2.45) is 0 Å². The van der Waals surface area contributed by atoms with Crippen molar-refractivity contribution < 1.29 is 10.2 Å². The molecule has 0 atom stereocenters. The molecule has 39 heavy (non-hydrogen) atoms. The smallest absolute Gasteiger partial charge is 0.146 e. The Morgan fingerprint density at radius 1 is 0.564 bits per heavy atom. The highest BCUT2D eigenvalue weighted by atomic mass is 16.3. The van der Waals surface area contributed by atoms with Crippen molar-refractivity contribution in [1.29, 1.82) is 0 Å². The van der Waals surface area contributed by atoms with E-state index in [1.807, 2.05) is 72.8 Å². The number of benzene rings is 4. The van der Waals surface area contributed by atoms with Crippen LogP contribution < -0.4 is 0 Å². The molecule has 2 aromatic heterocycles. The van der Waals surface area contributed by atoms with E-state index >= 15 is 0 Å². The van der Waals surface area contributed by atoms with Gasteiger partial charge >= 0.3 is 0 Å². The summed E-state index contributed by atoms with van der Waals surface area (Å²) in [5.41, 5.74) is 7.45. The second kappa shape index (κ2) is 9.54. The Morgan fingerprint density at radius 2 is 0.897 bits per heavy atom. The number of phenols is 2. The minimum absolute atomic E-state index is 0.0820. The molecule has 0 amide bonds. The van der Waals surface area contributed by atoms with Crippen LogP contribution in [0.1, 0.15) is 61.8 Å². The zero-order chi connectivity index (χ0) is 27.3. The quantitative estimate of drug-likeness (QED) is 0.264. The van der Waals surface area contributed by atoms with Crippen molar-refractivity contribution in [1.82, 2.24) is 30.0 Å². The molecule has 0 fully saturated rings. The van der Waals surface area contributed by atoms with Gasteiger partial charge in [0.2, 0.25) is 0 Å². The zero-order valence-corrected chi connectivity index (χ0v) is 22.4. The third-order valence-electron chi connectivity index (χ3n) is 7.10. The minimum atomic E-state index is 0.0820. The van der Waals surface area contributed by atoms with Crippen molar-refractivity contribution in [2.45, 2.75) is 46.0 Å². The predicted molar refractivity (Wildman–Crippen MR) is 152 cm³/mol. The molecule has 0 aliphatic carbocycles. The first-order valence-electron chi connectivity index (χ1n) is 13.1. The molecular weight excluding hydrogens is 488 g/mol. The van der Waals surface area contributed by atoms with E-state index < -0.39 is 0 Å². The van der Waals surface area contributed by atoms with E-state index in [1.165, 1.54) is 9.59 Å². The van der Waals surface area contributed by atoms with Crippen LogP contribution in [0.4, 0.5) is 0 Å². The first-order chi connectivity index (χ1) is 18.8. The molecule has 8 heteroatoms.